The minimum Gasteiger partial charge on any atom is -0.361 e. The quantitative estimate of drug-likeness (QED) is 0.831. The Balaban J connectivity index is 1.79. The lowest BCUT2D eigenvalue weighted by atomic mass is 10.3. The predicted octanol–water partition coefficient (Wildman–Crippen LogP) is 2.19. The lowest BCUT2D eigenvalue weighted by Gasteiger charge is -2.01. The van der Waals surface area contributed by atoms with Crippen LogP contribution in [0.25, 0.3) is 0 Å². The Bertz CT molecular complexity index is 358. The summed E-state index contributed by atoms with van der Waals surface area (Å²) in [6.07, 6.45) is 4.55. The molecule has 1 N–H and O–H groups in total. The van der Waals surface area contributed by atoms with Crippen LogP contribution in [0.3, 0.4) is 0 Å². The standard InChI is InChI=1S/C10H11N3S/c1-2-5-11-9(3-1)4-6-12-10-13-7-8-14-10/h1-3,5,7-8H,4,6H2,(H,12,13). The van der Waals surface area contributed by atoms with E-state index in [0.717, 1.165) is 23.8 Å². The molecule has 2 rings (SSSR count). The molecular weight excluding hydrogens is 194 g/mol. The molecule has 72 valence electrons. The smallest absolute Gasteiger partial charge is 0.182 e. The number of hydrogen-bond donors (Lipinski definition) is 1. The van der Waals surface area contributed by atoms with Crippen molar-refractivity contribution in [3.05, 3.63) is 41.7 Å². The zero-order chi connectivity index (χ0) is 9.64. The van der Waals surface area contributed by atoms with E-state index in [4.69, 9.17) is 0 Å². The van der Waals surface area contributed by atoms with Crippen molar-refractivity contribution < 1.29 is 0 Å². The van der Waals surface area contributed by atoms with E-state index in [9.17, 15) is 0 Å². The Kier molecular flexibility index (Phi) is 3.08. The summed E-state index contributed by atoms with van der Waals surface area (Å²) in [7, 11) is 0. The van der Waals surface area contributed by atoms with Gasteiger partial charge >= 0.3 is 0 Å². The molecule has 0 aliphatic carbocycles. The molecule has 2 aromatic heterocycles. The maximum Gasteiger partial charge on any atom is 0.182 e. The van der Waals surface area contributed by atoms with Crippen LogP contribution in [-0.4, -0.2) is 16.5 Å². The summed E-state index contributed by atoms with van der Waals surface area (Å²) in [6.45, 7) is 0.879. The van der Waals surface area contributed by atoms with Gasteiger partial charge in [-0.25, -0.2) is 4.98 Å². The van der Waals surface area contributed by atoms with Gasteiger partial charge in [-0.05, 0) is 12.1 Å². The summed E-state index contributed by atoms with van der Waals surface area (Å²) >= 11 is 1.62. The lowest BCUT2D eigenvalue weighted by Crippen LogP contribution is -2.05. The molecule has 0 aliphatic rings. The Morgan fingerprint density at radius 3 is 2.93 bits per heavy atom. The van der Waals surface area contributed by atoms with Crippen molar-refractivity contribution in [2.75, 3.05) is 11.9 Å². The molecule has 0 radical (unpaired) electrons. The van der Waals surface area contributed by atoms with Crippen LogP contribution in [0.2, 0.25) is 0 Å². The van der Waals surface area contributed by atoms with Gasteiger partial charge in [0.2, 0.25) is 0 Å². The predicted molar refractivity (Wildman–Crippen MR) is 58.5 cm³/mol. The molecule has 0 atom stereocenters. The molecule has 2 heterocycles. The highest BCUT2D eigenvalue weighted by molar-refractivity contribution is 7.13. The Labute approximate surface area is 86.8 Å². The third-order valence-electron chi connectivity index (χ3n) is 1.82. The molecule has 3 nitrogen and oxygen atoms in total. The van der Waals surface area contributed by atoms with Gasteiger partial charge in [-0.3, -0.25) is 4.98 Å². The normalized spacial score (nSPS) is 10.0. The minimum absolute atomic E-state index is 0.879. The van der Waals surface area contributed by atoms with Crippen LogP contribution in [0.1, 0.15) is 5.69 Å². The molecule has 0 aromatic carbocycles. The van der Waals surface area contributed by atoms with E-state index in [1.165, 1.54) is 0 Å². The van der Waals surface area contributed by atoms with Gasteiger partial charge in [0, 0.05) is 36.4 Å². The van der Waals surface area contributed by atoms with Crippen LogP contribution in [-0.2, 0) is 6.42 Å². The molecule has 0 amide bonds. The van der Waals surface area contributed by atoms with Gasteiger partial charge in [-0.2, -0.15) is 0 Å². The van der Waals surface area contributed by atoms with Crippen molar-refractivity contribution >= 4 is 16.5 Å². The molecule has 0 spiro atoms. The number of rotatable bonds is 4. The van der Waals surface area contributed by atoms with E-state index in [2.05, 4.69) is 15.3 Å². The van der Waals surface area contributed by atoms with Gasteiger partial charge in [0.1, 0.15) is 0 Å². The lowest BCUT2D eigenvalue weighted by molar-refractivity contribution is 0.959. The molecule has 0 saturated carbocycles. The van der Waals surface area contributed by atoms with Gasteiger partial charge in [0.25, 0.3) is 0 Å². The molecule has 14 heavy (non-hydrogen) atoms. The average Bonchev–Trinajstić information content (AvgIpc) is 2.72. The summed E-state index contributed by atoms with van der Waals surface area (Å²) in [5.74, 6) is 0. The van der Waals surface area contributed by atoms with Crippen molar-refractivity contribution in [1.82, 2.24) is 9.97 Å². The number of pyridine rings is 1. The van der Waals surface area contributed by atoms with E-state index in [-0.39, 0.29) is 0 Å². The van der Waals surface area contributed by atoms with Crippen molar-refractivity contribution in [1.29, 1.82) is 0 Å². The summed E-state index contributed by atoms with van der Waals surface area (Å²) in [4.78, 5) is 8.37. The van der Waals surface area contributed by atoms with Crippen molar-refractivity contribution in [3.8, 4) is 0 Å². The first-order chi connectivity index (χ1) is 6.95. The first-order valence-electron chi connectivity index (χ1n) is 4.48. The minimum atomic E-state index is 0.879. The molecule has 0 fully saturated rings. The van der Waals surface area contributed by atoms with Crippen molar-refractivity contribution in [2.45, 2.75) is 6.42 Å². The second-order valence-corrected chi connectivity index (χ2v) is 3.73. The van der Waals surface area contributed by atoms with Gasteiger partial charge < -0.3 is 5.32 Å². The molecular formula is C10H11N3S. The van der Waals surface area contributed by atoms with E-state index in [0.29, 0.717) is 0 Å². The Morgan fingerprint density at radius 1 is 1.21 bits per heavy atom. The fourth-order valence-electron chi connectivity index (χ4n) is 1.15. The number of anilines is 1. The van der Waals surface area contributed by atoms with Gasteiger partial charge in [-0.15, -0.1) is 11.3 Å². The highest BCUT2D eigenvalue weighted by Gasteiger charge is 1.95. The molecule has 0 saturated heterocycles. The highest BCUT2D eigenvalue weighted by atomic mass is 32.1. The van der Waals surface area contributed by atoms with Crippen molar-refractivity contribution in [2.24, 2.45) is 0 Å². The van der Waals surface area contributed by atoms with Gasteiger partial charge in [0.05, 0.1) is 0 Å². The van der Waals surface area contributed by atoms with E-state index >= 15 is 0 Å². The molecule has 0 unspecified atom stereocenters. The van der Waals surface area contributed by atoms with Crippen molar-refractivity contribution in [3.63, 3.8) is 0 Å². The monoisotopic (exact) mass is 205 g/mol. The Hall–Kier alpha value is -1.42. The fourth-order valence-corrected chi connectivity index (χ4v) is 1.71. The summed E-state index contributed by atoms with van der Waals surface area (Å²) in [5.41, 5.74) is 1.11. The number of aromatic nitrogens is 2. The zero-order valence-corrected chi connectivity index (χ0v) is 8.50. The zero-order valence-electron chi connectivity index (χ0n) is 7.68. The number of hydrogen-bond acceptors (Lipinski definition) is 4. The Morgan fingerprint density at radius 2 is 2.21 bits per heavy atom. The maximum absolute atomic E-state index is 4.24. The number of nitrogens with one attached hydrogen (secondary N) is 1. The van der Waals surface area contributed by atoms with E-state index in [1.54, 1.807) is 17.5 Å². The molecule has 2 aromatic rings. The second-order valence-electron chi connectivity index (χ2n) is 2.84. The third-order valence-corrected chi connectivity index (χ3v) is 2.55. The summed E-state index contributed by atoms with van der Waals surface area (Å²) in [5, 5.41) is 6.18. The van der Waals surface area contributed by atoms with Crippen LogP contribution in [0.15, 0.2) is 36.0 Å². The van der Waals surface area contributed by atoms with Crippen LogP contribution < -0.4 is 5.32 Å². The average molecular weight is 205 g/mol. The first kappa shape index (κ1) is 9.15. The van der Waals surface area contributed by atoms with Gasteiger partial charge in [-0.1, -0.05) is 6.07 Å². The first-order valence-corrected chi connectivity index (χ1v) is 5.36. The third kappa shape index (κ3) is 2.53. The summed E-state index contributed by atoms with van der Waals surface area (Å²) < 4.78 is 0. The van der Waals surface area contributed by atoms with Crippen LogP contribution in [0, 0.1) is 0 Å². The van der Waals surface area contributed by atoms with Crippen LogP contribution >= 0.6 is 11.3 Å². The van der Waals surface area contributed by atoms with Crippen LogP contribution in [0.4, 0.5) is 5.13 Å². The maximum atomic E-state index is 4.24. The topological polar surface area (TPSA) is 37.8 Å². The molecule has 4 heteroatoms. The van der Waals surface area contributed by atoms with Crippen LogP contribution in [0.5, 0.6) is 0 Å². The second kappa shape index (κ2) is 4.72. The highest BCUT2D eigenvalue weighted by Crippen LogP contribution is 2.09. The number of thiazole rings is 1. The van der Waals surface area contributed by atoms with E-state index < -0.39 is 0 Å². The molecule has 0 aliphatic heterocycles. The van der Waals surface area contributed by atoms with E-state index in [1.807, 2.05) is 29.8 Å². The SMILES string of the molecule is c1ccc(CCNc2nccs2)nc1. The number of nitrogens with zero attached hydrogens (tertiary/aromatic N) is 2. The van der Waals surface area contributed by atoms with Gasteiger partial charge in [0.15, 0.2) is 5.13 Å². The fraction of sp³-hybridized carbons (Fsp3) is 0.200. The molecule has 0 bridgehead atoms. The largest absolute Gasteiger partial charge is 0.361 e. The summed E-state index contributed by atoms with van der Waals surface area (Å²) in [6, 6.07) is 5.97.